The maximum Gasteiger partial charge on any atom is 0.200 e. The average Bonchev–Trinajstić information content (AvgIpc) is 3.40. The molecule has 1 aliphatic rings. The van der Waals surface area contributed by atoms with Crippen LogP contribution in [0.25, 0.3) is 10.9 Å². The number of rotatable bonds is 9. The number of benzene rings is 2. The Balaban J connectivity index is 1.44. The topological polar surface area (TPSA) is 136 Å². The van der Waals surface area contributed by atoms with Gasteiger partial charge in [-0.05, 0) is 52.8 Å². The first-order valence-corrected chi connectivity index (χ1v) is 13.6. The fourth-order valence-electron chi connectivity index (χ4n) is 4.88. The van der Waals surface area contributed by atoms with Crippen LogP contribution in [0.3, 0.4) is 0 Å². The van der Waals surface area contributed by atoms with E-state index in [-0.39, 0.29) is 18.3 Å². The van der Waals surface area contributed by atoms with E-state index in [1.807, 2.05) is 42.6 Å². The van der Waals surface area contributed by atoms with E-state index in [1.54, 1.807) is 0 Å². The van der Waals surface area contributed by atoms with E-state index >= 15 is 0 Å². The van der Waals surface area contributed by atoms with Gasteiger partial charge in [0.15, 0.2) is 5.78 Å². The minimum Gasteiger partial charge on any atom is -0.390 e. The molecular formula is C26H26IN5O4S. The lowest BCUT2D eigenvalue weighted by molar-refractivity contribution is 0.00892. The number of nitrogens with two attached hydrogens (primary N) is 1. The van der Waals surface area contributed by atoms with E-state index in [4.69, 9.17) is 9.32 Å². The van der Waals surface area contributed by atoms with Gasteiger partial charge in [-0.25, -0.2) is 9.97 Å². The molecule has 0 unspecified atom stereocenters. The molecule has 1 saturated carbocycles. The largest absolute Gasteiger partial charge is 0.390 e. The highest BCUT2D eigenvalue weighted by molar-refractivity contribution is 14.1. The van der Waals surface area contributed by atoms with Gasteiger partial charge in [0.2, 0.25) is 0 Å². The SMILES string of the molecule is NSOC[C@H]1C[C@@H](Nc2ncncc2C(=O)c2cn(Cc3cccc(I)c3)c3ccccc23)[C@H](O)[C@@H]1O. The first-order chi connectivity index (χ1) is 18.0. The molecule has 2 heterocycles. The Morgan fingerprint density at radius 1 is 1.19 bits per heavy atom. The first kappa shape index (κ1) is 26.1. The summed E-state index contributed by atoms with van der Waals surface area (Å²) < 4.78 is 8.38. The average molecular weight is 631 g/mol. The van der Waals surface area contributed by atoms with Gasteiger partial charge >= 0.3 is 0 Å². The second kappa shape index (κ2) is 11.5. The van der Waals surface area contributed by atoms with Crippen molar-refractivity contribution in [1.82, 2.24) is 14.5 Å². The molecule has 0 aliphatic heterocycles. The van der Waals surface area contributed by atoms with Gasteiger partial charge in [0.05, 0.1) is 36.5 Å². The van der Waals surface area contributed by atoms with Crippen LogP contribution in [0.15, 0.2) is 67.3 Å². The predicted octanol–water partition coefficient (Wildman–Crippen LogP) is 3.38. The number of nitrogens with one attached hydrogen (secondary N) is 1. The Labute approximate surface area is 231 Å². The van der Waals surface area contributed by atoms with Gasteiger partial charge in [0.25, 0.3) is 0 Å². The zero-order valence-corrected chi connectivity index (χ0v) is 22.7. The number of ketones is 1. The summed E-state index contributed by atoms with van der Waals surface area (Å²) in [4.78, 5) is 22.2. The third kappa shape index (κ3) is 5.52. The molecule has 192 valence electrons. The van der Waals surface area contributed by atoms with E-state index < -0.39 is 18.2 Å². The molecule has 9 nitrogen and oxygen atoms in total. The molecule has 0 spiro atoms. The standard InChI is InChI=1S/C26H26IN5O4S/c27-17-5-3-4-15(8-17)11-32-12-20(18-6-1-2-7-22(18)32)24(34)19-10-29-14-30-26(19)31-21-9-16(13-36-37-28)23(33)25(21)35/h1-8,10,12,14,16,21,23,25,33,35H,9,11,13,28H2,(H,29,30,31)/t16-,21-,23-,25+/m1/s1. The Hall–Kier alpha value is -2.55. The Bertz CT molecular complexity index is 1420. The molecule has 5 N–H and O–H groups in total. The van der Waals surface area contributed by atoms with Gasteiger partial charge in [-0.15, -0.1) is 0 Å². The zero-order valence-electron chi connectivity index (χ0n) is 19.7. The predicted molar refractivity (Wildman–Crippen MR) is 151 cm³/mol. The lowest BCUT2D eigenvalue weighted by Gasteiger charge is -2.19. The molecule has 4 aromatic rings. The number of fused-ring (bicyclic) bond motifs is 1. The molecule has 2 aromatic heterocycles. The van der Waals surface area contributed by atoms with Crippen LogP contribution in [0.1, 0.15) is 27.9 Å². The number of para-hydroxylation sites is 1. The molecule has 1 fully saturated rings. The van der Waals surface area contributed by atoms with E-state index in [1.165, 1.54) is 12.5 Å². The van der Waals surface area contributed by atoms with Gasteiger partial charge in [0, 0.05) is 44.9 Å². The van der Waals surface area contributed by atoms with Gasteiger partial charge in [-0.3, -0.25) is 9.93 Å². The molecule has 2 aromatic carbocycles. The molecule has 37 heavy (non-hydrogen) atoms. The first-order valence-electron chi connectivity index (χ1n) is 11.7. The summed E-state index contributed by atoms with van der Waals surface area (Å²) in [6, 6.07) is 15.5. The van der Waals surface area contributed by atoms with Crippen molar-refractivity contribution in [2.45, 2.75) is 31.2 Å². The van der Waals surface area contributed by atoms with Crippen LogP contribution in [0.2, 0.25) is 0 Å². The Kier molecular flexibility index (Phi) is 8.07. The summed E-state index contributed by atoms with van der Waals surface area (Å²) >= 11 is 3.02. The van der Waals surface area contributed by atoms with Crippen LogP contribution >= 0.6 is 34.8 Å². The minimum atomic E-state index is -1.05. The van der Waals surface area contributed by atoms with Crippen molar-refractivity contribution in [2.75, 3.05) is 11.9 Å². The smallest absolute Gasteiger partial charge is 0.200 e. The lowest BCUT2D eigenvalue weighted by atomic mass is 10.0. The Morgan fingerprint density at radius 3 is 2.84 bits per heavy atom. The fraction of sp³-hybridized carbons (Fsp3) is 0.269. The Morgan fingerprint density at radius 2 is 2.03 bits per heavy atom. The summed E-state index contributed by atoms with van der Waals surface area (Å²) in [6.45, 7) is 0.824. The molecular weight excluding hydrogens is 605 g/mol. The number of anilines is 1. The van der Waals surface area contributed by atoms with Crippen LogP contribution in [0.5, 0.6) is 0 Å². The lowest BCUT2D eigenvalue weighted by Crippen LogP contribution is -2.36. The molecule has 0 bridgehead atoms. The van der Waals surface area contributed by atoms with E-state index in [2.05, 4.69) is 54.6 Å². The van der Waals surface area contributed by atoms with Crippen molar-refractivity contribution >= 4 is 57.3 Å². The van der Waals surface area contributed by atoms with Crippen molar-refractivity contribution in [1.29, 1.82) is 0 Å². The number of carbonyl (C=O) groups excluding carboxylic acids is 1. The van der Waals surface area contributed by atoms with E-state index in [9.17, 15) is 15.0 Å². The monoisotopic (exact) mass is 631 g/mol. The maximum absolute atomic E-state index is 13.8. The number of aliphatic hydroxyl groups is 2. The highest BCUT2D eigenvalue weighted by Crippen LogP contribution is 2.32. The van der Waals surface area contributed by atoms with Gasteiger partial charge in [0.1, 0.15) is 18.2 Å². The van der Waals surface area contributed by atoms with Crippen LogP contribution in [-0.2, 0) is 10.7 Å². The number of hydrogen-bond acceptors (Lipinski definition) is 9. The van der Waals surface area contributed by atoms with Crippen molar-refractivity contribution in [3.8, 4) is 0 Å². The summed E-state index contributed by atoms with van der Waals surface area (Å²) in [5.74, 6) is -0.225. The number of halogens is 1. The van der Waals surface area contributed by atoms with E-state index in [0.717, 1.165) is 32.3 Å². The van der Waals surface area contributed by atoms with Crippen molar-refractivity contribution < 1.29 is 19.2 Å². The summed E-state index contributed by atoms with van der Waals surface area (Å²) in [5.41, 5.74) is 2.92. The second-order valence-corrected chi connectivity index (χ2v) is 10.7. The second-order valence-electron chi connectivity index (χ2n) is 9.04. The summed E-state index contributed by atoms with van der Waals surface area (Å²) in [7, 11) is 0. The van der Waals surface area contributed by atoms with Crippen molar-refractivity contribution in [3.63, 3.8) is 0 Å². The van der Waals surface area contributed by atoms with Crippen LogP contribution in [-0.4, -0.2) is 55.4 Å². The van der Waals surface area contributed by atoms with Crippen molar-refractivity contribution in [3.05, 3.63) is 87.5 Å². The number of carbonyl (C=O) groups is 1. The van der Waals surface area contributed by atoms with Crippen molar-refractivity contribution in [2.24, 2.45) is 11.1 Å². The van der Waals surface area contributed by atoms with Gasteiger partial charge in [-0.2, -0.15) is 0 Å². The van der Waals surface area contributed by atoms with Crippen LogP contribution in [0.4, 0.5) is 5.82 Å². The number of hydrogen-bond donors (Lipinski definition) is 4. The fourth-order valence-corrected chi connectivity index (χ4v) is 5.74. The quantitative estimate of drug-likeness (QED) is 0.0950. The number of aromatic nitrogens is 3. The maximum atomic E-state index is 13.8. The van der Waals surface area contributed by atoms with Crippen LogP contribution in [0, 0.1) is 9.49 Å². The summed E-state index contributed by atoms with van der Waals surface area (Å²) in [5, 5.41) is 30.3. The number of nitrogens with zero attached hydrogens (tertiary/aromatic N) is 3. The molecule has 0 saturated heterocycles. The molecule has 11 heteroatoms. The molecule has 4 atom stereocenters. The molecule has 1 aliphatic carbocycles. The zero-order chi connectivity index (χ0) is 25.9. The highest BCUT2D eigenvalue weighted by Gasteiger charge is 2.42. The summed E-state index contributed by atoms with van der Waals surface area (Å²) in [6.07, 6.45) is 3.09. The van der Waals surface area contributed by atoms with E-state index in [0.29, 0.717) is 29.9 Å². The van der Waals surface area contributed by atoms with Gasteiger partial charge in [-0.1, -0.05) is 30.3 Å². The molecule has 0 amide bonds. The molecule has 5 rings (SSSR count). The van der Waals surface area contributed by atoms with Crippen LogP contribution < -0.4 is 10.5 Å². The highest BCUT2D eigenvalue weighted by atomic mass is 127. The third-order valence-electron chi connectivity index (χ3n) is 6.71. The number of aliphatic hydroxyl groups excluding tert-OH is 2. The normalized spacial score (nSPS) is 21.4. The third-order valence-corrected chi connectivity index (χ3v) is 7.65. The molecule has 0 radical (unpaired) electrons. The van der Waals surface area contributed by atoms with Gasteiger partial charge < -0.3 is 24.3 Å². The minimum absolute atomic E-state index is 0.201.